The van der Waals surface area contributed by atoms with Gasteiger partial charge in [-0.25, -0.2) is 0 Å². The molecule has 0 aliphatic carbocycles. The third-order valence-corrected chi connectivity index (χ3v) is 6.62. The fraction of sp³-hybridized carbons (Fsp3) is 0.138. The summed E-state index contributed by atoms with van der Waals surface area (Å²) in [6.45, 7) is 2.16. The van der Waals surface area contributed by atoms with Crippen LogP contribution in [0.1, 0.15) is 16.7 Å². The Labute approximate surface area is 204 Å². The first kappa shape index (κ1) is 22.0. The van der Waals surface area contributed by atoms with Crippen LogP contribution in [-0.4, -0.2) is 11.4 Å². The van der Waals surface area contributed by atoms with Crippen molar-refractivity contribution in [2.24, 2.45) is 0 Å². The van der Waals surface area contributed by atoms with Gasteiger partial charge in [0.2, 0.25) is 0 Å². The van der Waals surface area contributed by atoms with Gasteiger partial charge in [0.15, 0.2) is 0 Å². The van der Waals surface area contributed by atoms with Gasteiger partial charge in [-0.15, -0.1) is 0 Å². The molecule has 0 unspecified atom stereocenters. The average molecular weight is 466 g/mol. The number of aromatic nitrogens is 1. The van der Waals surface area contributed by atoms with Gasteiger partial charge < -0.3 is 15.0 Å². The Balaban J connectivity index is 1.21. The Bertz CT molecular complexity index is 1330. The van der Waals surface area contributed by atoms with Crippen LogP contribution in [0.3, 0.4) is 0 Å². The molecule has 0 amide bonds. The van der Waals surface area contributed by atoms with E-state index in [0.717, 1.165) is 40.3 Å². The molecule has 0 radical (unpaired) electrons. The monoisotopic (exact) mass is 465 g/mol. The van der Waals surface area contributed by atoms with Crippen molar-refractivity contribution in [3.05, 3.63) is 120 Å². The topological polar surface area (TPSA) is 37.4 Å². The highest BCUT2D eigenvalue weighted by atomic mass is 32.1. The SMILES string of the molecule is CN(Cc1ccccc1)c1ccc(CNc2nsc3ccc(OCc4ccccc4)cc23)cc1. The van der Waals surface area contributed by atoms with Gasteiger partial charge in [0.1, 0.15) is 18.2 Å². The molecule has 0 bridgehead atoms. The number of nitrogens with one attached hydrogen (secondary N) is 1. The maximum absolute atomic E-state index is 6.01. The summed E-state index contributed by atoms with van der Waals surface area (Å²) in [6, 6.07) is 35.6. The molecule has 4 aromatic carbocycles. The number of nitrogens with zero attached hydrogens (tertiary/aromatic N) is 2. The molecule has 5 aromatic rings. The third-order valence-electron chi connectivity index (χ3n) is 5.79. The second-order valence-corrected chi connectivity index (χ2v) is 9.13. The van der Waals surface area contributed by atoms with E-state index in [1.165, 1.54) is 28.3 Å². The minimum Gasteiger partial charge on any atom is -0.489 e. The molecule has 34 heavy (non-hydrogen) atoms. The van der Waals surface area contributed by atoms with Crippen LogP contribution in [0.25, 0.3) is 10.1 Å². The lowest BCUT2D eigenvalue weighted by Gasteiger charge is -2.19. The molecular formula is C29H27N3OS. The molecule has 0 saturated carbocycles. The Kier molecular flexibility index (Phi) is 6.73. The van der Waals surface area contributed by atoms with E-state index in [1.54, 1.807) is 0 Å². The zero-order valence-electron chi connectivity index (χ0n) is 19.1. The van der Waals surface area contributed by atoms with E-state index < -0.39 is 0 Å². The summed E-state index contributed by atoms with van der Waals surface area (Å²) in [5.41, 5.74) is 4.88. The van der Waals surface area contributed by atoms with Crippen molar-refractivity contribution in [1.29, 1.82) is 0 Å². The second-order valence-electron chi connectivity index (χ2n) is 8.33. The molecule has 0 aliphatic heterocycles. The smallest absolute Gasteiger partial charge is 0.147 e. The minimum absolute atomic E-state index is 0.553. The fourth-order valence-corrected chi connectivity index (χ4v) is 4.61. The van der Waals surface area contributed by atoms with Crippen LogP contribution in [0.15, 0.2) is 103 Å². The number of fused-ring (bicyclic) bond motifs is 1. The highest BCUT2D eigenvalue weighted by Crippen LogP contribution is 2.31. The average Bonchev–Trinajstić information content (AvgIpc) is 3.30. The van der Waals surface area contributed by atoms with E-state index in [9.17, 15) is 0 Å². The molecule has 0 atom stereocenters. The minimum atomic E-state index is 0.553. The van der Waals surface area contributed by atoms with E-state index >= 15 is 0 Å². The van der Waals surface area contributed by atoms with Crippen molar-refractivity contribution >= 4 is 33.1 Å². The lowest BCUT2D eigenvalue weighted by molar-refractivity contribution is 0.306. The summed E-state index contributed by atoms with van der Waals surface area (Å²) in [5, 5.41) is 4.60. The number of hydrogen-bond donors (Lipinski definition) is 1. The Morgan fingerprint density at radius 2 is 1.50 bits per heavy atom. The normalized spacial score (nSPS) is 10.9. The molecule has 0 aliphatic rings. The molecule has 1 aromatic heterocycles. The van der Waals surface area contributed by atoms with Crippen molar-refractivity contribution < 1.29 is 4.74 Å². The van der Waals surface area contributed by atoms with Crippen LogP contribution in [0.2, 0.25) is 0 Å². The number of rotatable bonds is 9. The second kappa shape index (κ2) is 10.4. The molecule has 0 saturated heterocycles. The molecule has 5 rings (SSSR count). The highest BCUT2D eigenvalue weighted by Gasteiger charge is 2.09. The zero-order valence-corrected chi connectivity index (χ0v) is 20.0. The van der Waals surface area contributed by atoms with Crippen molar-refractivity contribution in [3.8, 4) is 5.75 Å². The van der Waals surface area contributed by atoms with E-state index in [-0.39, 0.29) is 0 Å². The summed E-state index contributed by atoms with van der Waals surface area (Å²) in [5.74, 6) is 1.75. The summed E-state index contributed by atoms with van der Waals surface area (Å²) in [7, 11) is 2.12. The van der Waals surface area contributed by atoms with Crippen molar-refractivity contribution in [2.45, 2.75) is 19.7 Å². The summed E-state index contributed by atoms with van der Waals surface area (Å²) < 4.78 is 11.8. The molecule has 4 nitrogen and oxygen atoms in total. The Hall–Kier alpha value is -3.83. The quantitative estimate of drug-likeness (QED) is 0.251. The number of anilines is 2. The van der Waals surface area contributed by atoms with Gasteiger partial charge in [-0.3, -0.25) is 0 Å². The molecule has 0 fully saturated rings. The van der Waals surface area contributed by atoms with E-state index in [0.29, 0.717) is 6.61 Å². The largest absolute Gasteiger partial charge is 0.489 e. The molecule has 0 spiro atoms. The molecule has 1 heterocycles. The van der Waals surface area contributed by atoms with Gasteiger partial charge >= 0.3 is 0 Å². The summed E-state index contributed by atoms with van der Waals surface area (Å²) >= 11 is 1.50. The van der Waals surface area contributed by atoms with Crippen molar-refractivity contribution in [2.75, 3.05) is 17.3 Å². The first-order valence-corrected chi connectivity index (χ1v) is 12.2. The lowest BCUT2D eigenvalue weighted by atomic mass is 10.1. The number of hydrogen-bond acceptors (Lipinski definition) is 5. The van der Waals surface area contributed by atoms with Gasteiger partial charge in [0.25, 0.3) is 0 Å². The summed E-state index contributed by atoms with van der Waals surface area (Å²) in [6.07, 6.45) is 0. The van der Waals surface area contributed by atoms with Crippen LogP contribution < -0.4 is 15.0 Å². The molecule has 5 heteroatoms. The van der Waals surface area contributed by atoms with Crippen LogP contribution in [0.4, 0.5) is 11.5 Å². The number of benzene rings is 4. The lowest BCUT2D eigenvalue weighted by Crippen LogP contribution is -2.16. The van der Waals surface area contributed by atoms with Crippen LogP contribution in [0.5, 0.6) is 5.75 Å². The van der Waals surface area contributed by atoms with Gasteiger partial charge in [0.05, 0.1) is 4.70 Å². The van der Waals surface area contributed by atoms with Gasteiger partial charge in [-0.1, -0.05) is 72.8 Å². The van der Waals surface area contributed by atoms with Crippen LogP contribution >= 0.6 is 11.5 Å². The fourth-order valence-electron chi connectivity index (χ4n) is 3.88. The van der Waals surface area contributed by atoms with E-state index in [2.05, 4.69) is 101 Å². The van der Waals surface area contributed by atoms with Gasteiger partial charge in [-0.05, 0) is 58.6 Å². The third kappa shape index (κ3) is 5.38. The number of ether oxygens (including phenoxy) is 1. The van der Waals surface area contributed by atoms with Crippen molar-refractivity contribution in [1.82, 2.24) is 4.37 Å². The summed E-state index contributed by atoms with van der Waals surface area (Å²) in [4.78, 5) is 2.26. The Morgan fingerprint density at radius 1 is 0.794 bits per heavy atom. The predicted octanol–water partition coefficient (Wildman–Crippen LogP) is 7.12. The van der Waals surface area contributed by atoms with E-state index in [1.807, 2.05) is 24.3 Å². The zero-order chi connectivity index (χ0) is 23.2. The van der Waals surface area contributed by atoms with Gasteiger partial charge in [0, 0.05) is 31.2 Å². The van der Waals surface area contributed by atoms with Crippen molar-refractivity contribution in [3.63, 3.8) is 0 Å². The maximum Gasteiger partial charge on any atom is 0.147 e. The molecular weight excluding hydrogens is 438 g/mol. The van der Waals surface area contributed by atoms with Crippen LogP contribution in [0, 0.1) is 0 Å². The molecule has 1 N–H and O–H groups in total. The van der Waals surface area contributed by atoms with Crippen LogP contribution in [-0.2, 0) is 19.7 Å². The Morgan fingerprint density at radius 3 is 2.24 bits per heavy atom. The van der Waals surface area contributed by atoms with Gasteiger partial charge in [-0.2, -0.15) is 4.37 Å². The maximum atomic E-state index is 6.01. The molecule has 170 valence electrons. The first-order chi connectivity index (χ1) is 16.7. The first-order valence-electron chi connectivity index (χ1n) is 11.4. The predicted molar refractivity (Wildman–Crippen MR) is 143 cm³/mol. The standard InChI is InChI=1S/C29H27N3OS/c1-32(20-23-8-4-2-5-9-23)25-14-12-22(13-15-25)19-30-29-27-18-26(16-17-28(27)34-31-29)33-21-24-10-6-3-7-11-24/h2-18H,19-21H2,1H3,(H,30,31). The van der Waals surface area contributed by atoms with E-state index in [4.69, 9.17) is 4.74 Å². The highest BCUT2D eigenvalue weighted by molar-refractivity contribution is 7.13.